The van der Waals surface area contributed by atoms with Gasteiger partial charge in [0.2, 0.25) is 0 Å². The second-order valence-electron chi connectivity index (χ2n) is 23.9. The van der Waals surface area contributed by atoms with Gasteiger partial charge in [-0.05, 0) is 96.1 Å². The zero-order valence-electron chi connectivity index (χ0n) is 48.3. The molecule has 0 bridgehead atoms. The summed E-state index contributed by atoms with van der Waals surface area (Å²) in [7, 11) is -5.95. The predicted molar refractivity (Wildman–Crippen MR) is 376 cm³/mol. The van der Waals surface area contributed by atoms with Crippen LogP contribution in [-0.2, 0) is 0 Å². The van der Waals surface area contributed by atoms with Gasteiger partial charge in [-0.15, -0.1) is 0 Å². The van der Waals surface area contributed by atoms with E-state index in [1.807, 2.05) is 0 Å². The van der Waals surface area contributed by atoms with Crippen molar-refractivity contribution in [3.05, 3.63) is 322 Å². The fourth-order valence-electron chi connectivity index (χ4n) is 16.0. The molecule has 2 atom stereocenters. The van der Waals surface area contributed by atoms with Crippen LogP contribution in [0.1, 0.15) is 0 Å². The molecular weight excluding hydrogens is 1110 g/mol. The molecule has 0 aliphatic carbocycles. The van der Waals surface area contributed by atoms with Gasteiger partial charge >= 0.3 is 0 Å². The summed E-state index contributed by atoms with van der Waals surface area (Å²) >= 11 is 0. The normalized spacial score (nSPS) is 15.7. The maximum Gasteiger partial charge on any atom is 0.184 e. The van der Waals surface area contributed by atoms with Crippen molar-refractivity contribution >= 4 is 123 Å². The Balaban J connectivity index is 0.825. The van der Waals surface area contributed by atoms with Crippen molar-refractivity contribution in [3.63, 3.8) is 0 Å². The maximum atomic E-state index is 5.68. The van der Waals surface area contributed by atoms with E-state index < -0.39 is 16.1 Å². The fourth-order valence-corrected chi connectivity index (χ4v) is 26.2. The number of para-hydroxylation sites is 9. The van der Waals surface area contributed by atoms with Crippen LogP contribution in [0.5, 0.6) is 0 Å². The van der Waals surface area contributed by atoms with Gasteiger partial charge in [-0.2, -0.15) is 0 Å². The summed E-state index contributed by atoms with van der Waals surface area (Å²) in [6, 6.07) is 120. The third-order valence-corrected chi connectivity index (χ3v) is 29.3. The van der Waals surface area contributed by atoms with Gasteiger partial charge in [-0.25, -0.2) is 9.97 Å². The van der Waals surface area contributed by atoms with Crippen LogP contribution in [0.2, 0.25) is 0 Å². The molecule has 414 valence electrons. The molecular formula is C82H53N5Si2. The number of aromatic nitrogens is 5. The van der Waals surface area contributed by atoms with Gasteiger partial charge in [-0.3, -0.25) is 0 Å². The van der Waals surface area contributed by atoms with E-state index in [0.29, 0.717) is 5.82 Å². The second kappa shape index (κ2) is 19.1. The van der Waals surface area contributed by atoms with E-state index in [9.17, 15) is 0 Å². The molecule has 2 aliphatic heterocycles. The maximum absolute atomic E-state index is 5.68. The Kier molecular flexibility index (Phi) is 10.7. The van der Waals surface area contributed by atoms with Crippen LogP contribution >= 0.6 is 0 Å². The smallest absolute Gasteiger partial charge is 0.184 e. The predicted octanol–water partition coefficient (Wildman–Crippen LogP) is 14.2. The largest absolute Gasteiger partial charge is 0.309 e. The monoisotopic (exact) mass is 1160 g/mol. The minimum absolute atomic E-state index is 0.662. The highest BCUT2D eigenvalue weighted by atomic mass is 28.3. The Hall–Kier alpha value is -11.2. The average molecular weight is 1160 g/mol. The molecule has 89 heavy (non-hydrogen) atoms. The third kappa shape index (κ3) is 6.88. The number of hydrogen-bond acceptors (Lipinski definition) is 2. The van der Waals surface area contributed by atoms with Gasteiger partial charge < -0.3 is 13.7 Å². The molecule has 0 saturated heterocycles. The van der Waals surface area contributed by atoms with E-state index in [4.69, 9.17) is 9.97 Å². The molecule has 17 aromatic rings. The zero-order valence-corrected chi connectivity index (χ0v) is 50.3. The van der Waals surface area contributed by atoms with E-state index in [0.717, 1.165) is 44.8 Å². The minimum Gasteiger partial charge on any atom is -0.309 e. The van der Waals surface area contributed by atoms with Crippen molar-refractivity contribution in [2.45, 2.75) is 0 Å². The van der Waals surface area contributed by atoms with Crippen LogP contribution in [-0.4, -0.2) is 39.8 Å². The first-order chi connectivity index (χ1) is 44.2. The van der Waals surface area contributed by atoms with Crippen LogP contribution in [0.25, 0.3) is 116 Å². The number of benzene rings is 13. The van der Waals surface area contributed by atoms with Crippen LogP contribution in [0, 0.1) is 0 Å². The SMILES string of the molecule is c1ccc([Si]2(c3ccc(-c4cc(-c5ccc([Si]6(c7ccccc7)c7ccccc7-n7c8ccccc8c8cccc6c87)cc5)nc(-c5ccccc5-n5c6ccccc6c6ccccc65)n4)cc3)c3ccccc3-n3c4ccccc4c4cccc2c43)cc1. The molecule has 0 saturated carbocycles. The van der Waals surface area contributed by atoms with Gasteiger partial charge in [0.25, 0.3) is 0 Å². The lowest BCUT2D eigenvalue weighted by atomic mass is 10.1. The zero-order chi connectivity index (χ0) is 58.4. The molecule has 0 fully saturated rings. The lowest BCUT2D eigenvalue weighted by Gasteiger charge is -2.39. The third-order valence-electron chi connectivity index (χ3n) is 19.6. The van der Waals surface area contributed by atoms with E-state index in [1.165, 1.54) is 107 Å². The Labute approximate surface area is 516 Å². The summed E-state index contributed by atoms with van der Waals surface area (Å²) in [5.41, 5.74) is 15.6. The first-order valence-corrected chi connectivity index (χ1v) is 34.7. The topological polar surface area (TPSA) is 40.6 Å². The molecule has 0 N–H and O–H groups in total. The van der Waals surface area contributed by atoms with Crippen molar-refractivity contribution in [3.8, 4) is 51.0 Å². The number of nitrogens with zero attached hydrogens (tertiary/aromatic N) is 5. The van der Waals surface area contributed by atoms with Gasteiger partial charge in [0.05, 0.1) is 50.2 Å². The van der Waals surface area contributed by atoms with E-state index >= 15 is 0 Å². The summed E-state index contributed by atoms with van der Waals surface area (Å²) in [5, 5.41) is 18.4. The standard InChI is InChI=1S/C82H53N5Si2/c1-3-23-56(24-4-1)88(76-41-19-17-39-74(76)86-71-36-14-9-29-62(71)64-32-21-43-78(88)80(64)86)58-49-45-54(46-50-58)67-53-68(84-82(83-67)66-31-11-16-38-73(66)85-69-34-12-7-27-60(69)61-28-8-13-35-70(61)85)55-47-51-59(52-48-55)89(57-25-5-2-6-26-57)77-42-20-18-40-75(77)87-72-37-15-10-30-63(72)65-33-22-44-79(89)81(65)87/h1-53H. The summed E-state index contributed by atoms with van der Waals surface area (Å²) in [6.45, 7) is 0. The Morgan fingerprint density at radius 2 is 0.562 bits per heavy atom. The van der Waals surface area contributed by atoms with E-state index in [1.54, 1.807) is 0 Å². The summed E-state index contributed by atoms with van der Waals surface area (Å²) < 4.78 is 7.46. The molecule has 4 aromatic heterocycles. The van der Waals surface area contributed by atoms with Crippen LogP contribution in [0.4, 0.5) is 0 Å². The molecule has 6 heterocycles. The Morgan fingerprint density at radius 3 is 1.01 bits per heavy atom. The van der Waals surface area contributed by atoms with Crippen LogP contribution in [0.15, 0.2) is 322 Å². The fraction of sp³-hybridized carbons (Fsp3) is 0. The van der Waals surface area contributed by atoms with E-state index in [2.05, 4.69) is 335 Å². The van der Waals surface area contributed by atoms with Crippen LogP contribution in [0.3, 0.4) is 0 Å². The van der Waals surface area contributed by atoms with Gasteiger partial charge in [0, 0.05) is 60.4 Å². The molecule has 19 rings (SSSR count). The Morgan fingerprint density at radius 1 is 0.236 bits per heavy atom. The quantitative estimate of drug-likeness (QED) is 0.142. The highest BCUT2D eigenvalue weighted by Gasteiger charge is 2.49. The van der Waals surface area contributed by atoms with Gasteiger partial charge in [-0.1, -0.05) is 267 Å². The second-order valence-corrected chi connectivity index (χ2v) is 31.3. The first kappa shape index (κ1) is 50.0. The van der Waals surface area contributed by atoms with Crippen molar-refractivity contribution in [1.29, 1.82) is 0 Å². The summed E-state index contributed by atoms with van der Waals surface area (Å²) in [4.78, 5) is 11.4. The molecule has 2 aliphatic rings. The summed E-state index contributed by atoms with van der Waals surface area (Å²) in [6.07, 6.45) is 0. The first-order valence-electron chi connectivity index (χ1n) is 30.7. The van der Waals surface area contributed by atoms with Crippen molar-refractivity contribution in [2.75, 3.05) is 0 Å². The van der Waals surface area contributed by atoms with Crippen molar-refractivity contribution in [2.24, 2.45) is 0 Å². The Bertz CT molecular complexity index is 5420. The summed E-state index contributed by atoms with van der Waals surface area (Å²) in [5.74, 6) is 0.662. The number of hydrogen-bond donors (Lipinski definition) is 0. The minimum atomic E-state index is -2.97. The molecule has 2 unspecified atom stereocenters. The lowest BCUT2D eigenvalue weighted by Crippen LogP contribution is -2.76. The van der Waals surface area contributed by atoms with Crippen molar-refractivity contribution in [1.82, 2.24) is 23.7 Å². The average Bonchev–Trinajstić information content (AvgIpc) is 1.72. The van der Waals surface area contributed by atoms with Gasteiger partial charge in [0.15, 0.2) is 22.0 Å². The van der Waals surface area contributed by atoms with Crippen LogP contribution < -0.4 is 41.5 Å². The van der Waals surface area contributed by atoms with E-state index in [-0.39, 0.29) is 0 Å². The molecule has 5 nitrogen and oxygen atoms in total. The highest BCUT2D eigenvalue weighted by Crippen LogP contribution is 2.40. The lowest BCUT2D eigenvalue weighted by molar-refractivity contribution is 1.14. The number of fused-ring (bicyclic) bond motifs is 13. The molecule has 0 spiro atoms. The highest BCUT2D eigenvalue weighted by molar-refractivity contribution is 7.22. The molecule has 7 heteroatoms. The molecule has 13 aromatic carbocycles. The number of rotatable bonds is 8. The molecule has 0 radical (unpaired) electrons. The molecule has 0 amide bonds. The van der Waals surface area contributed by atoms with Gasteiger partial charge in [0.1, 0.15) is 0 Å². The van der Waals surface area contributed by atoms with Crippen molar-refractivity contribution < 1.29 is 0 Å².